The Morgan fingerprint density at radius 2 is 1.38 bits per heavy atom. The minimum atomic E-state index is -0.698. The van der Waals surface area contributed by atoms with Crippen LogP contribution in [0.4, 0.5) is 0 Å². The summed E-state index contributed by atoms with van der Waals surface area (Å²) in [6, 6.07) is 0. The van der Waals surface area contributed by atoms with Crippen LogP contribution in [0.1, 0.15) is 103 Å². The number of nitrogens with two attached hydrogens (primary N) is 1. The summed E-state index contributed by atoms with van der Waals surface area (Å²) in [6.45, 7) is 2.88. The van der Waals surface area contributed by atoms with Crippen molar-refractivity contribution in [2.24, 2.45) is 11.7 Å². The second-order valence-corrected chi connectivity index (χ2v) is 7.16. The lowest BCUT2D eigenvalue weighted by molar-refractivity contribution is -0.137. The van der Waals surface area contributed by atoms with Gasteiger partial charge in [0.25, 0.3) is 0 Å². The third-order valence-corrected chi connectivity index (χ3v) is 4.90. The highest BCUT2D eigenvalue weighted by molar-refractivity contribution is 5.66. The van der Waals surface area contributed by atoms with Crippen molar-refractivity contribution in [1.29, 1.82) is 0 Å². The highest BCUT2D eigenvalue weighted by atomic mass is 16.4. The van der Waals surface area contributed by atoms with E-state index in [-0.39, 0.29) is 12.5 Å². The average molecular weight is 344 g/mol. The fourth-order valence-corrected chi connectivity index (χ4v) is 3.33. The first-order valence-electron chi connectivity index (χ1n) is 10.2. The van der Waals surface area contributed by atoms with Gasteiger partial charge in [0.05, 0.1) is 6.10 Å². The van der Waals surface area contributed by atoms with E-state index in [4.69, 9.17) is 10.8 Å². The van der Waals surface area contributed by atoms with E-state index in [2.05, 4.69) is 6.92 Å². The van der Waals surface area contributed by atoms with Gasteiger partial charge in [-0.25, -0.2) is 0 Å². The predicted molar refractivity (Wildman–Crippen MR) is 101 cm³/mol. The molecule has 0 aromatic carbocycles. The highest BCUT2D eigenvalue weighted by Gasteiger charge is 2.17. The molecule has 0 aromatic heterocycles. The molecule has 0 amide bonds. The van der Waals surface area contributed by atoms with Crippen molar-refractivity contribution >= 4 is 5.97 Å². The number of unbranched alkanes of at least 4 members (excludes halogenated alkanes) is 9. The van der Waals surface area contributed by atoms with Gasteiger partial charge in [0.1, 0.15) is 0 Å². The molecule has 0 fully saturated rings. The Morgan fingerprint density at radius 3 is 1.96 bits per heavy atom. The van der Waals surface area contributed by atoms with Gasteiger partial charge in [-0.15, -0.1) is 0 Å². The van der Waals surface area contributed by atoms with E-state index in [1.54, 1.807) is 0 Å². The molecule has 2 unspecified atom stereocenters. The molecule has 144 valence electrons. The van der Waals surface area contributed by atoms with Crippen LogP contribution in [-0.4, -0.2) is 28.8 Å². The van der Waals surface area contributed by atoms with Crippen LogP contribution in [-0.2, 0) is 4.79 Å². The summed E-state index contributed by atoms with van der Waals surface area (Å²) in [5.74, 6) is -0.361. The Kier molecular flexibility index (Phi) is 16.8. The monoisotopic (exact) mass is 343 g/mol. The quantitative estimate of drug-likeness (QED) is 0.310. The minimum absolute atomic E-state index is 0.202. The number of hydrogen-bond donors (Lipinski definition) is 3. The first-order valence-corrected chi connectivity index (χ1v) is 10.2. The molecule has 0 heterocycles. The number of aliphatic carboxylic acids is 1. The molecule has 0 aromatic rings. The van der Waals surface area contributed by atoms with Crippen molar-refractivity contribution in [3.63, 3.8) is 0 Å². The molecule has 0 bridgehead atoms. The zero-order chi connectivity index (χ0) is 18.0. The van der Waals surface area contributed by atoms with E-state index >= 15 is 0 Å². The van der Waals surface area contributed by atoms with Gasteiger partial charge in [0.15, 0.2) is 0 Å². The maximum atomic E-state index is 10.4. The van der Waals surface area contributed by atoms with Crippen molar-refractivity contribution < 1.29 is 15.0 Å². The lowest BCUT2D eigenvalue weighted by atomic mass is 9.89. The first-order chi connectivity index (χ1) is 11.6. The molecule has 0 aliphatic rings. The molecule has 0 rings (SSSR count). The molecule has 4 N–H and O–H groups in total. The van der Waals surface area contributed by atoms with Crippen molar-refractivity contribution in [3.8, 4) is 0 Å². The molecule has 0 aliphatic carbocycles. The van der Waals surface area contributed by atoms with Gasteiger partial charge in [0, 0.05) is 6.42 Å². The fourth-order valence-electron chi connectivity index (χ4n) is 3.33. The predicted octanol–water partition coefficient (Wildman–Crippen LogP) is 4.88. The summed E-state index contributed by atoms with van der Waals surface area (Å²) >= 11 is 0. The van der Waals surface area contributed by atoms with Crippen LogP contribution >= 0.6 is 0 Å². The molecule has 0 saturated carbocycles. The van der Waals surface area contributed by atoms with E-state index < -0.39 is 5.97 Å². The van der Waals surface area contributed by atoms with Crippen molar-refractivity contribution in [2.45, 2.75) is 109 Å². The van der Waals surface area contributed by atoms with Crippen LogP contribution in [0.2, 0.25) is 0 Å². The number of aliphatic hydroxyl groups is 1. The number of rotatable bonds is 18. The van der Waals surface area contributed by atoms with E-state index in [1.807, 2.05) is 0 Å². The van der Waals surface area contributed by atoms with Gasteiger partial charge < -0.3 is 15.9 Å². The topological polar surface area (TPSA) is 83.5 Å². The largest absolute Gasteiger partial charge is 0.481 e. The van der Waals surface area contributed by atoms with Gasteiger partial charge in [0.2, 0.25) is 0 Å². The Balaban J connectivity index is 3.71. The third kappa shape index (κ3) is 14.9. The zero-order valence-electron chi connectivity index (χ0n) is 15.8. The fraction of sp³-hybridized carbons (Fsp3) is 0.950. The lowest BCUT2D eigenvalue weighted by Gasteiger charge is -2.22. The molecule has 4 heteroatoms. The number of hydrogen-bond acceptors (Lipinski definition) is 3. The molecule has 0 radical (unpaired) electrons. The zero-order valence-corrected chi connectivity index (χ0v) is 15.8. The van der Waals surface area contributed by atoms with E-state index in [0.29, 0.717) is 12.5 Å². The van der Waals surface area contributed by atoms with Crippen molar-refractivity contribution in [2.75, 3.05) is 6.54 Å². The van der Waals surface area contributed by atoms with Crippen LogP contribution in [0.15, 0.2) is 0 Å². The summed E-state index contributed by atoms with van der Waals surface area (Å²) in [7, 11) is 0. The van der Waals surface area contributed by atoms with Crippen LogP contribution in [0, 0.1) is 5.92 Å². The molecule has 4 nitrogen and oxygen atoms in total. The van der Waals surface area contributed by atoms with Crippen molar-refractivity contribution in [3.05, 3.63) is 0 Å². The molecule has 0 saturated heterocycles. The highest BCUT2D eigenvalue weighted by Crippen LogP contribution is 2.22. The molecular formula is C20H41NO3. The Hall–Kier alpha value is -0.610. The average Bonchev–Trinajstić information content (AvgIpc) is 2.55. The maximum absolute atomic E-state index is 10.4. The summed E-state index contributed by atoms with van der Waals surface area (Å²) in [5, 5.41) is 19.0. The van der Waals surface area contributed by atoms with Gasteiger partial charge in [-0.05, 0) is 38.1 Å². The number of carboxylic acids is 1. The number of carboxylic acid groups (broad SMARTS) is 1. The lowest BCUT2D eigenvalue weighted by Crippen LogP contribution is -2.23. The van der Waals surface area contributed by atoms with Crippen LogP contribution in [0.5, 0.6) is 0 Å². The molecule has 2 atom stereocenters. The smallest absolute Gasteiger partial charge is 0.303 e. The number of carbonyl (C=O) groups is 1. The van der Waals surface area contributed by atoms with Crippen LogP contribution in [0.3, 0.4) is 0 Å². The van der Waals surface area contributed by atoms with E-state index in [9.17, 15) is 9.90 Å². The van der Waals surface area contributed by atoms with Gasteiger partial charge in [-0.3, -0.25) is 4.79 Å². The van der Waals surface area contributed by atoms with Gasteiger partial charge in [-0.1, -0.05) is 71.1 Å². The second-order valence-electron chi connectivity index (χ2n) is 7.16. The van der Waals surface area contributed by atoms with E-state index in [0.717, 1.165) is 57.8 Å². The Morgan fingerprint density at radius 1 is 0.833 bits per heavy atom. The van der Waals surface area contributed by atoms with Crippen LogP contribution in [0.25, 0.3) is 0 Å². The summed E-state index contributed by atoms with van der Waals surface area (Å²) in [6.07, 6.45) is 15.6. The van der Waals surface area contributed by atoms with Gasteiger partial charge >= 0.3 is 5.97 Å². The molecule has 0 aliphatic heterocycles. The van der Waals surface area contributed by atoms with Crippen molar-refractivity contribution in [1.82, 2.24) is 0 Å². The summed E-state index contributed by atoms with van der Waals surface area (Å²) in [5.41, 5.74) is 5.71. The molecular weight excluding hydrogens is 302 g/mol. The summed E-state index contributed by atoms with van der Waals surface area (Å²) in [4.78, 5) is 10.4. The van der Waals surface area contributed by atoms with E-state index in [1.165, 1.54) is 32.1 Å². The first kappa shape index (κ1) is 23.4. The molecule has 0 spiro atoms. The van der Waals surface area contributed by atoms with Gasteiger partial charge in [-0.2, -0.15) is 0 Å². The minimum Gasteiger partial charge on any atom is -0.481 e. The molecule has 24 heavy (non-hydrogen) atoms. The van der Waals surface area contributed by atoms with Crippen LogP contribution < -0.4 is 5.73 Å². The third-order valence-electron chi connectivity index (χ3n) is 4.90. The SMILES string of the molecule is CCCCCCCCC(O)C(CCN)CCCCCCCC(=O)O. The normalized spacial score (nSPS) is 13.8. The number of aliphatic hydroxyl groups excluding tert-OH is 1. The maximum Gasteiger partial charge on any atom is 0.303 e. The summed E-state index contributed by atoms with van der Waals surface area (Å²) < 4.78 is 0. The second kappa shape index (κ2) is 17.2. The standard InChI is InChI=1S/C20H41NO3/c1-2-3-4-5-8-11-14-19(22)18(16-17-21)13-10-7-6-9-12-15-20(23)24/h18-19,22H,2-17,21H2,1H3,(H,23,24). The Labute approximate surface area is 149 Å². The Bertz CT molecular complexity index is 284.